The number of hydrogen-bond donors (Lipinski definition) is 0. The van der Waals surface area contributed by atoms with Gasteiger partial charge in [0.15, 0.2) is 5.78 Å². The van der Waals surface area contributed by atoms with E-state index in [1.54, 1.807) is 18.2 Å². The molecule has 2 rings (SSSR count). The number of halogens is 3. The minimum absolute atomic E-state index is 0.0281. The molecule has 0 radical (unpaired) electrons. The molecule has 0 fully saturated rings. The third-order valence-electron chi connectivity index (χ3n) is 2.83. The summed E-state index contributed by atoms with van der Waals surface area (Å²) in [6.07, 6.45) is 2.72. The Morgan fingerprint density at radius 1 is 1.05 bits per heavy atom. The summed E-state index contributed by atoms with van der Waals surface area (Å²) in [6.45, 7) is 0. The Morgan fingerprint density at radius 3 is 2.27 bits per heavy atom. The highest BCUT2D eigenvalue weighted by atomic mass is 35.5. The molecule has 0 unspecified atom stereocenters. The number of rotatable bonds is 4. The average Bonchev–Trinajstić information content (AvgIpc) is 2.46. The number of nitro groups is 1. The molecule has 0 N–H and O–H groups in total. The van der Waals surface area contributed by atoms with Crippen molar-refractivity contribution >= 4 is 52.3 Å². The number of carbonyl (C=O) groups is 1. The summed E-state index contributed by atoms with van der Waals surface area (Å²) < 4.78 is 0. The van der Waals surface area contributed by atoms with Gasteiger partial charge in [-0.2, -0.15) is 0 Å². The Hall–Kier alpha value is -1.88. The molecular weight excluding hydrogens is 349 g/mol. The van der Waals surface area contributed by atoms with Crippen LogP contribution in [0.4, 0.5) is 5.69 Å². The fraction of sp³-hybridized carbons (Fsp3) is 0. The van der Waals surface area contributed by atoms with Crippen LogP contribution >= 0.6 is 34.8 Å². The highest BCUT2D eigenvalue weighted by molar-refractivity contribution is 6.37. The lowest BCUT2D eigenvalue weighted by Gasteiger charge is -2.01. The molecule has 2 aromatic rings. The molecule has 0 aromatic heterocycles. The Bertz CT molecular complexity index is 767. The van der Waals surface area contributed by atoms with Gasteiger partial charge in [0.1, 0.15) is 5.02 Å². The van der Waals surface area contributed by atoms with Gasteiger partial charge in [0.25, 0.3) is 5.69 Å². The Kier molecular flexibility index (Phi) is 5.19. The van der Waals surface area contributed by atoms with E-state index in [0.717, 1.165) is 6.07 Å². The van der Waals surface area contributed by atoms with Crippen molar-refractivity contribution in [3.05, 3.63) is 78.8 Å². The highest BCUT2D eigenvalue weighted by Gasteiger charge is 2.15. The summed E-state index contributed by atoms with van der Waals surface area (Å²) >= 11 is 17.7. The van der Waals surface area contributed by atoms with E-state index in [-0.39, 0.29) is 16.3 Å². The molecule has 0 saturated carbocycles. The first-order chi connectivity index (χ1) is 10.4. The first-order valence-electron chi connectivity index (χ1n) is 6.00. The zero-order valence-corrected chi connectivity index (χ0v) is 13.2. The third kappa shape index (κ3) is 3.65. The summed E-state index contributed by atoms with van der Waals surface area (Å²) in [7, 11) is 0. The van der Waals surface area contributed by atoms with Gasteiger partial charge in [-0.05, 0) is 36.4 Å². The number of allylic oxidation sites excluding steroid dienone is 1. The predicted octanol–water partition coefficient (Wildman–Crippen LogP) is 5.45. The van der Waals surface area contributed by atoms with Crippen molar-refractivity contribution in [1.29, 1.82) is 0 Å². The van der Waals surface area contributed by atoms with Crippen LogP contribution in [0.25, 0.3) is 6.08 Å². The van der Waals surface area contributed by atoms with Crippen molar-refractivity contribution in [1.82, 2.24) is 0 Å². The molecule has 2 aromatic carbocycles. The van der Waals surface area contributed by atoms with Crippen LogP contribution in [-0.2, 0) is 0 Å². The van der Waals surface area contributed by atoms with E-state index in [9.17, 15) is 14.9 Å². The van der Waals surface area contributed by atoms with Crippen LogP contribution in [0.2, 0.25) is 15.1 Å². The number of benzene rings is 2. The second-order valence-electron chi connectivity index (χ2n) is 4.26. The van der Waals surface area contributed by atoms with E-state index in [1.807, 2.05) is 0 Å². The second-order valence-corrected chi connectivity index (χ2v) is 5.48. The standard InChI is InChI=1S/C15H8Cl3NO3/c16-11-2-1-3-12(17)10(11)5-7-15(20)9-4-6-13(18)14(8-9)19(21)22/h1-8H. The van der Waals surface area contributed by atoms with E-state index < -0.39 is 10.7 Å². The molecule has 112 valence electrons. The predicted molar refractivity (Wildman–Crippen MR) is 87.9 cm³/mol. The first kappa shape index (κ1) is 16.5. The Morgan fingerprint density at radius 2 is 1.68 bits per heavy atom. The van der Waals surface area contributed by atoms with Gasteiger partial charge in [-0.1, -0.05) is 40.9 Å². The van der Waals surface area contributed by atoms with Gasteiger partial charge in [0.05, 0.1) is 4.92 Å². The molecule has 0 saturated heterocycles. The molecule has 0 atom stereocenters. The lowest BCUT2D eigenvalue weighted by Crippen LogP contribution is -1.97. The fourth-order valence-corrected chi connectivity index (χ4v) is 2.44. The van der Waals surface area contributed by atoms with Crippen LogP contribution in [0, 0.1) is 10.1 Å². The van der Waals surface area contributed by atoms with Crippen LogP contribution in [0.1, 0.15) is 15.9 Å². The lowest BCUT2D eigenvalue weighted by molar-refractivity contribution is -0.384. The van der Waals surface area contributed by atoms with Crippen molar-refractivity contribution in [3.63, 3.8) is 0 Å². The summed E-state index contributed by atoms with van der Waals surface area (Å²) in [6, 6.07) is 8.82. The zero-order chi connectivity index (χ0) is 16.3. The van der Waals surface area contributed by atoms with E-state index >= 15 is 0 Å². The molecule has 0 aliphatic heterocycles. The molecule has 0 aliphatic rings. The minimum Gasteiger partial charge on any atom is -0.289 e. The van der Waals surface area contributed by atoms with Gasteiger partial charge in [-0.3, -0.25) is 14.9 Å². The maximum absolute atomic E-state index is 12.1. The second kappa shape index (κ2) is 6.92. The average molecular weight is 357 g/mol. The van der Waals surface area contributed by atoms with Gasteiger partial charge in [0.2, 0.25) is 0 Å². The highest BCUT2D eigenvalue weighted by Crippen LogP contribution is 2.27. The van der Waals surface area contributed by atoms with Crippen molar-refractivity contribution in [2.45, 2.75) is 0 Å². The van der Waals surface area contributed by atoms with Crippen LogP contribution in [-0.4, -0.2) is 10.7 Å². The number of nitro benzene ring substituents is 1. The lowest BCUT2D eigenvalue weighted by atomic mass is 10.1. The molecule has 22 heavy (non-hydrogen) atoms. The van der Waals surface area contributed by atoms with E-state index in [4.69, 9.17) is 34.8 Å². The van der Waals surface area contributed by atoms with Crippen LogP contribution in [0.5, 0.6) is 0 Å². The van der Waals surface area contributed by atoms with Gasteiger partial charge >= 0.3 is 0 Å². The molecule has 0 amide bonds. The largest absolute Gasteiger partial charge is 0.289 e. The zero-order valence-electron chi connectivity index (χ0n) is 10.9. The maximum Gasteiger partial charge on any atom is 0.288 e. The van der Waals surface area contributed by atoms with Crippen molar-refractivity contribution in [2.75, 3.05) is 0 Å². The molecule has 0 bridgehead atoms. The number of nitrogens with zero attached hydrogens (tertiary/aromatic N) is 1. The molecule has 7 heteroatoms. The number of carbonyl (C=O) groups excluding carboxylic acids is 1. The first-order valence-corrected chi connectivity index (χ1v) is 7.14. The number of hydrogen-bond acceptors (Lipinski definition) is 3. The van der Waals surface area contributed by atoms with Gasteiger partial charge < -0.3 is 0 Å². The normalized spacial score (nSPS) is 10.9. The molecule has 0 aliphatic carbocycles. The maximum atomic E-state index is 12.1. The number of ketones is 1. The molecular formula is C15H8Cl3NO3. The van der Waals surface area contributed by atoms with Gasteiger partial charge in [-0.15, -0.1) is 0 Å². The van der Waals surface area contributed by atoms with Crippen LogP contribution < -0.4 is 0 Å². The quantitative estimate of drug-likeness (QED) is 0.317. The molecule has 0 spiro atoms. The molecule has 0 heterocycles. The van der Waals surface area contributed by atoms with Crippen molar-refractivity contribution < 1.29 is 9.72 Å². The smallest absolute Gasteiger partial charge is 0.288 e. The Balaban J connectivity index is 2.32. The third-order valence-corrected chi connectivity index (χ3v) is 3.81. The SMILES string of the molecule is O=C(C=Cc1c(Cl)cccc1Cl)c1ccc(Cl)c([N+](=O)[O-])c1. The van der Waals surface area contributed by atoms with E-state index in [0.29, 0.717) is 15.6 Å². The van der Waals surface area contributed by atoms with Crippen molar-refractivity contribution in [3.8, 4) is 0 Å². The minimum atomic E-state index is -0.645. The molecule has 4 nitrogen and oxygen atoms in total. The monoisotopic (exact) mass is 355 g/mol. The van der Waals surface area contributed by atoms with E-state index in [1.165, 1.54) is 24.3 Å². The van der Waals surface area contributed by atoms with Crippen molar-refractivity contribution in [2.24, 2.45) is 0 Å². The fourth-order valence-electron chi connectivity index (χ4n) is 1.73. The summed E-state index contributed by atoms with van der Waals surface area (Å²) in [5, 5.41) is 11.6. The van der Waals surface area contributed by atoms with Crippen LogP contribution in [0.3, 0.4) is 0 Å². The topological polar surface area (TPSA) is 60.2 Å². The van der Waals surface area contributed by atoms with Gasteiger partial charge in [-0.25, -0.2) is 0 Å². The van der Waals surface area contributed by atoms with Crippen LogP contribution in [0.15, 0.2) is 42.5 Å². The van der Waals surface area contributed by atoms with E-state index in [2.05, 4.69) is 0 Å². The summed E-state index contributed by atoms with van der Waals surface area (Å²) in [4.78, 5) is 22.3. The van der Waals surface area contributed by atoms with Gasteiger partial charge in [0, 0.05) is 27.2 Å². The summed E-state index contributed by atoms with van der Waals surface area (Å²) in [5.41, 5.74) is 0.329. The summed E-state index contributed by atoms with van der Waals surface area (Å²) in [5.74, 6) is -0.421. The Labute approximate surface area is 141 Å².